The number of carbonyl (C=O) groups excluding carboxylic acids is 1. The highest BCUT2D eigenvalue weighted by Gasteiger charge is 2.45. The number of amides is 1. The van der Waals surface area contributed by atoms with Crippen molar-refractivity contribution in [3.63, 3.8) is 0 Å². The molecule has 5 nitrogen and oxygen atoms in total. The Morgan fingerprint density at radius 1 is 1.07 bits per heavy atom. The standard InChI is InChI=1S/C22H33N3O2/c26-21(22(10-5-2-6-11-22)25-13-15-27-16-14-25)23-17-19-9-12-24(18-19)20-7-3-1-4-8-20/h1,3-4,7-8,19H,2,5-6,9-18H2,(H,23,26)/t19-/m1/s1. The molecule has 0 unspecified atom stereocenters. The van der Waals surface area contributed by atoms with E-state index in [1.807, 2.05) is 0 Å². The van der Waals surface area contributed by atoms with E-state index >= 15 is 0 Å². The first-order chi connectivity index (χ1) is 13.3. The van der Waals surface area contributed by atoms with Gasteiger partial charge in [-0.2, -0.15) is 0 Å². The Balaban J connectivity index is 1.34. The molecule has 1 aliphatic carbocycles. The van der Waals surface area contributed by atoms with Crippen molar-refractivity contribution in [3.8, 4) is 0 Å². The second kappa shape index (κ2) is 8.61. The van der Waals surface area contributed by atoms with Crippen LogP contribution in [0.15, 0.2) is 30.3 Å². The first-order valence-electron chi connectivity index (χ1n) is 10.7. The fourth-order valence-corrected chi connectivity index (χ4v) is 5.09. The SMILES string of the molecule is O=C(NC[C@H]1CCN(c2ccccc2)C1)C1(N2CCOCC2)CCCCC1. The average Bonchev–Trinajstić information content (AvgIpc) is 3.23. The third kappa shape index (κ3) is 4.14. The van der Waals surface area contributed by atoms with Gasteiger partial charge in [0.1, 0.15) is 5.54 Å². The Labute approximate surface area is 163 Å². The molecule has 0 radical (unpaired) electrons. The van der Waals surface area contributed by atoms with Crippen molar-refractivity contribution in [2.75, 3.05) is 50.8 Å². The van der Waals surface area contributed by atoms with Gasteiger partial charge in [0.25, 0.3) is 0 Å². The van der Waals surface area contributed by atoms with Gasteiger partial charge in [-0.3, -0.25) is 9.69 Å². The van der Waals surface area contributed by atoms with Crippen molar-refractivity contribution in [3.05, 3.63) is 30.3 Å². The van der Waals surface area contributed by atoms with Gasteiger partial charge in [0.15, 0.2) is 0 Å². The van der Waals surface area contributed by atoms with Gasteiger partial charge in [0.05, 0.1) is 13.2 Å². The predicted molar refractivity (Wildman–Crippen MR) is 108 cm³/mol. The second-order valence-electron chi connectivity index (χ2n) is 8.34. The second-order valence-corrected chi connectivity index (χ2v) is 8.34. The maximum Gasteiger partial charge on any atom is 0.240 e. The van der Waals surface area contributed by atoms with Crippen molar-refractivity contribution in [1.82, 2.24) is 10.2 Å². The lowest BCUT2D eigenvalue weighted by Crippen LogP contribution is -2.62. The molecule has 1 saturated carbocycles. The van der Waals surface area contributed by atoms with Gasteiger partial charge in [-0.1, -0.05) is 37.5 Å². The van der Waals surface area contributed by atoms with Gasteiger partial charge in [0, 0.05) is 38.4 Å². The molecule has 2 aliphatic heterocycles. The summed E-state index contributed by atoms with van der Waals surface area (Å²) >= 11 is 0. The molecule has 1 aromatic rings. The lowest BCUT2D eigenvalue weighted by atomic mass is 9.79. The summed E-state index contributed by atoms with van der Waals surface area (Å²) in [6.45, 7) is 6.20. The minimum absolute atomic E-state index is 0.266. The Bertz CT molecular complexity index is 609. The maximum absolute atomic E-state index is 13.3. The minimum Gasteiger partial charge on any atom is -0.379 e. The molecule has 5 heteroatoms. The van der Waals surface area contributed by atoms with Gasteiger partial charge in [-0.25, -0.2) is 0 Å². The number of rotatable bonds is 5. The Morgan fingerprint density at radius 3 is 2.56 bits per heavy atom. The monoisotopic (exact) mass is 371 g/mol. The molecule has 4 rings (SSSR count). The molecule has 1 atom stereocenters. The molecule has 2 saturated heterocycles. The van der Waals surface area contributed by atoms with Crippen molar-refractivity contribution < 1.29 is 9.53 Å². The van der Waals surface area contributed by atoms with Crippen LogP contribution >= 0.6 is 0 Å². The summed E-state index contributed by atoms with van der Waals surface area (Å²) in [7, 11) is 0. The summed E-state index contributed by atoms with van der Waals surface area (Å²) in [5.74, 6) is 0.807. The van der Waals surface area contributed by atoms with Crippen LogP contribution in [0.25, 0.3) is 0 Å². The third-order valence-electron chi connectivity index (χ3n) is 6.68. The number of nitrogens with zero attached hydrogens (tertiary/aromatic N) is 2. The summed E-state index contributed by atoms with van der Waals surface area (Å²) < 4.78 is 5.53. The van der Waals surface area contributed by atoms with Crippen LogP contribution in [-0.4, -0.2) is 62.3 Å². The summed E-state index contributed by atoms with van der Waals surface area (Å²) in [5.41, 5.74) is 1.00. The number of hydrogen-bond donors (Lipinski definition) is 1. The lowest BCUT2D eigenvalue weighted by molar-refractivity contribution is -0.140. The molecule has 1 aromatic carbocycles. The van der Waals surface area contributed by atoms with E-state index in [-0.39, 0.29) is 11.4 Å². The maximum atomic E-state index is 13.3. The molecule has 2 heterocycles. The molecule has 0 aromatic heterocycles. The van der Waals surface area contributed by atoms with E-state index in [2.05, 4.69) is 45.4 Å². The molecule has 3 fully saturated rings. The van der Waals surface area contributed by atoms with E-state index in [1.54, 1.807) is 0 Å². The number of anilines is 1. The van der Waals surface area contributed by atoms with Gasteiger partial charge >= 0.3 is 0 Å². The molecule has 1 N–H and O–H groups in total. The normalized spacial score (nSPS) is 26.1. The predicted octanol–water partition coefficient (Wildman–Crippen LogP) is 2.66. The summed E-state index contributed by atoms with van der Waals surface area (Å²) in [4.78, 5) is 18.2. The first-order valence-corrected chi connectivity index (χ1v) is 10.7. The van der Waals surface area contributed by atoms with Gasteiger partial charge in [0.2, 0.25) is 5.91 Å². The number of benzene rings is 1. The highest BCUT2D eigenvalue weighted by Crippen LogP contribution is 2.35. The number of hydrogen-bond acceptors (Lipinski definition) is 4. The quantitative estimate of drug-likeness (QED) is 0.864. The molecule has 0 spiro atoms. The molecule has 0 bridgehead atoms. The zero-order chi connectivity index (χ0) is 18.5. The largest absolute Gasteiger partial charge is 0.379 e. The summed E-state index contributed by atoms with van der Waals surface area (Å²) in [6, 6.07) is 10.6. The molecule has 148 valence electrons. The van der Waals surface area contributed by atoms with Crippen molar-refractivity contribution >= 4 is 11.6 Å². The highest BCUT2D eigenvalue weighted by molar-refractivity contribution is 5.86. The Kier molecular flexibility index (Phi) is 5.98. The fraction of sp³-hybridized carbons (Fsp3) is 0.682. The number of nitrogens with one attached hydrogen (secondary N) is 1. The molecule has 3 aliphatic rings. The van der Waals surface area contributed by atoms with Crippen molar-refractivity contribution in [1.29, 1.82) is 0 Å². The van der Waals surface area contributed by atoms with Gasteiger partial charge in [-0.15, -0.1) is 0 Å². The smallest absolute Gasteiger partial charge is 0.240 e. The number of para-hydroxylation sites is 1. The van der Waals surface area contributed by atoms with Crippen molar-refractivity contribution in [2.24, 2.45) is 5.92 Å². The van der Waals surface area contributed by atoms with E-state index in [1.165, 1.54) is 12.1 Å². The van der Waals surface area contributed by atoms with Crippen LogP contribution in [0, 0.1) is 5.92 Å². The van der Waals surface area contributed by atoms with Crippen LogP contribution in [0.1, 0.15) is 38.5 Å². The van der Waals surface area contributed by atoms with E-state index in [0.29, 0.717) is 5.92 Å². The van der Waals surface area contributed by atoms with E-state index in [4.69, 9.17) is 4.74 Å². The lowest BCUT2D eigenvalue weighted by Gasteiger charge is -2.46. The molecule has 27 heavy (non-hydrogen) atoms. The third-order valence-corrected chi connectivity index (χ3v) is 6.68. The van der Waals surface area contributed by atoms with Crippen LogP contribution in [-0.2, 0) is 9.53 Å². The van der Waals surface area contributed by atoms with Crippen LogP contribution in [0.3, 0.4) is 0 Å². The number of morpholine rings is 1. The topological polar surface area (TPSA) is 44.8 Å². The van der Waals surface area contributed by atoms with Crippen LogP contribution in [0.2, 0.25) is 0 Å². The summed E-state index contributed by atoms with van der Waals surface area (Å²) in [5, 5.41) is 3.36. The fourth-order valence-electron chi connectivity index (χ4n) is 5.09. The first kappa shape index (κ1) is 18.8. The van der Waals surface area contributed by atoms with Gasteiger partial charge in [-0.05, 0) is 37.3 Å². The van der Waals surface area contributed by atoms with Crippen LogP contribution in [0.5, 0.6) is 0 Å². The van der Waals surface area contributed by atoms with E-state index in [9.17, 15) is 4.79 Å². The average molecular weight is 372 g/mol. The highest BCUT2D eigenvalue weighted by atomic mass is 16.5. The minimum atomic E-state index is -0.292. The Hall–Kier alpha value is -1.59. The van der Waals surface area contributed by atoms with Gasteiger partial charge < -0.3 is 15.0 Å². The number of carbonyl (C=O) groups is 1. The van der Waals surface area contributed by atoms with E-state index in [0.717, 1.165) is 78.0 Å². The molecular weight excluding hydrogens is 338 g/mol. The summed E-state index contributed by atoms with van der Waals surface area (Å²) in [6.07, 6.45) is 6.74. The number of ether oxygens (including phenoxy) is 1. The zero-order valence-corrected chi connectivity index (χ0v) is 16.4. The molecule has 1 amide bonds. The van der Waals surface area contributed by atoms with Crippen molar-refractivity contribution in [2.45, 2.75) is 44.1 Å². The van der Waals surface area contributed by atoms with Crippen LogP contribution < -0.4 is 10.2 Å². The molecular formula is C22H33N3O2. The van der Waals surface area contributed by atoms with Crippen LogP contribution in [0.4, 0.5) is 5.69 Å². The zero-order valence-electron chi connectivity index (χ0n) is 16.4. The Morgan fingerprint density at radius 2 is 1.81 bits per heavy atom. The van der Waals surface area contributed by atoms with E-state index < -0.39 is 0 Å².